The molecule has 8 heteroatoms. The number of aryl methyl sites for hydroxylation is 1. The van der Waals surface area contributed by atoms with E-state index in [-0.39, 0.29) is 25.0 Å². The molecule has 1 N–H and O–H groups in total. The van der Waals surface area contributed by atoms with E-state index in [4.69, 9.17) is 39.5 Å². The number of carbonyl (C=O) groups is 2. The van der Waals surface area contributed by atoms with Crippen molar-refractivity contribution in [2.45, 2.75) is 39.8 Å². The number of carbonyl (C=O) groups excluding carboxylic acids is 2. The van der Waals surface area contributed by atoms with Crippen molar-refractivity contribution in [3.63, 3.8) is 0 Å². The first-order valence-electron chi connectivity index (χ1n) is 9.66. The van der Waals surface area contributed by atoms with Gasteiger partial charge in [0, 0.05) is 28.2 Å². The highest BCUT2D eigenvalue weighted by Gasteiger charge is 2.29. The van der Waals surface area contributed by atoms with Gasteiger partial charge in [-0.15, -0.1) is 0 Å². The molecule has 0 aliphatic heterocycles. The van der Waals surface area contributed by atoms with Gasteiger partial charge in [0.25, 0.3) is 5.91 Å². The number of hydrogen-bond acceptors (Lipinski definition) is 3. The Morgan fingerprint density at radius 3 is 2.40 bits per heavy atom. The zero-order valence-corrected chi connectivity index (χ0v) is 19.4. The Morgan fingerprint density at radius 1 is 1.07 bits per heavy atom. The zero-order valence-electron chi connectivity index (χ0n) is 17.2. The minimum atomic E-state index is -0.653. The summed E-state index contributed by atoms with van der Waals surface area (Å²) >= 11 is 18.3. The normalized spacial score (nSPS) is 11.7. The Balaban J connectivity index is 2.24. The van der Waals surface area contributed by atoms with E-state index >= 15 is 0 Å². The van der Waals surface area contributed by atoms with Gasteiger partial charge in [0.1, 0.15) is 11.8 Å². The van der Waals surface area contributed by atoms with Crippen molar-refractivity contribution < 1.29 is 14.3 Å². The molecule has 0 aromatic heterocycles. The third kappa shape index (κ3) is 6.53. The van der Waals surface area contributed by atoms with Gasteiger partial charge in [0.2, 0.25) is 5.91 Å². The zero-order chi connectivity index (χ0) is 22.3. The quantitative estimate of drug-likeness (QED) is 0.541. The number of benzene rings is 2. The Bertz CT molecular complexity index is 905. The predicted octanol–water partition coefficient (Wildman–Crippen LogP) is 5.28. The van der Waals surface area contributed by atoms with Crippen LogP contribution in [0.1, 0.15) is 31.4 Å². The molecule has 0 aliphatic rings. The fourth-order valence-corrected chi connectivity index (χ4v) is 3.57. The molecule has 30 heavy (non-hydrogen) atoms. The summed E-state index contributed by atoms with van der Waals surface area (Å²) in [6.45, 7) is 5.95. The van der Waals surface area contributed by atoms with Crippen LogP contribution in [-0.4, -0.2) is 35.9 Å². The van der Waals surface area contributed by atoms with E-state index < -0.39 is 6.04 Å². The van der Waals surface area contributed by atoms with Crippen molar-refractivity contribution >= 4 is 46.6 Å². The highest BCUT2D eigenvalue weighted by molar-refractivity contribution is 6.35. The fraction of sp³-hybridized carbons (Fsp3) is 0.364. The van der Waals surface area contributed by atoms with Gasteiger partial charge < -0.3 is 15.0 Å². The molecule has 0 saturated heterocycles. The van der Waals surface area contributed by atoms with Crippen molar-refractivity contribution in [1.29, 1.82) is 0 Å². The van der Waals surface area contributed by atoms with Crippen LogP contribution in [0.2, 0.25) is 15.1 Å². The molecule has 5 nitrogen and oxygen atoms in total. The molecule has 0 unspecified atom stereocenters. The van der Waals surface area contributed by atoms with Crippen LogP contribution in [0.25, 0.3) is 0 Å². The molecular formula is C22H25Cl3N2O3. The summed E-state index contributed by atoms with van der Waals surface area (Å²) in [7, 11) is 0. The second kappa shape index (κ2) is 11.4. The fourth-order valence-electron chi connectivity index (χ4n) is 2.98. The van der Waals surface area contributed by atoms with Crippen LogP contribution in [0.4, 0.5) is 0 Å². The third-order valence-electron chi connectivity index (χ3n) is 4.58. The van der Waals surface area contributed by atoms with Crippen LogP contribution < -0.4 is 10.1 Å². The SMILES string of the molecule is CCNC(=O)[C@@H](CC)N(Cc1ccc(Cl)cc1Cl)C(=O)COc1ccc(Cl)c(C)c1. The Labute approximate surface area is 192 Å². The molecule has 2 rings (SSSR count). The van der Waals surface area contributed by atoms with E-state index in [0.29, 0.717) is 39.3 Å². The van der Waals surface area contributed by atoms with Crippen molar-refractivity contribution in [1.82, 2.24) is 10.2 Å². The summed E-state index contributed by atoms with van der Waals surface area (Å²) in [6, 6.07) is 9.58. The summed E-state index contributed by atoms with van der Waals surface area (Å²) < 4.78 is 5.67. The van der Waals surface area contributed by atoms with E-state index in [2.05, 4.69) is 5.32 Å². The monoisotopic (exact) mass is 470 g/mol. The van der Waals surface area contributed by atoms with Crippen molar-refractivity contribution in [3.05, 3.63) is 62.6 Å². The highest BCUT2D eigenvalue weighted by Crippen LogP contribution is 2.24. The topological polar surface area (TPSA) is 58.6 Å². The molecule has 0 radical (unpaired) electrons. The van der Waals surface area contributed by atoms with Crippen molar-refractivity contribution in [2.24, 2.45) is 0 Å². The predicted molar refractivity (Wildman–Crippen MR) is 121 cm³/mol. The number of amides is 2. The van der Waals surface area contributed by atoms with Crippen molar-refractivity contribution in [3.8, 4) is 5.75 Å². The Hall–Kier alpha value is -1.95. The Morgan fingerprint density at radius 2 is 1.80 bits per heavy atom. The van der Waals surface area contributed by atoms with Crippen LogP contribution in [0.3, 0.4) is 0 Å². The highest BCUT2D eigenvalue weighted by atomic mass is 35.5. The van der Waals surface area contributed by atoms with Crippen LogP contribution in [-0.2, 0) is 16.1 Å². The molecule has 0 heterocycles. The lowest BCUT2D eigenvalue weighted by molar-refractivity contribution is -0.142. The number of likely N-dealkylation sites (N-methyl/N-ethyl adjacent to an activating group) is 1. The summed E-state index contributed by atoms with van der Waals surface area (Å²) in [5.74, 6) is -0.0201. The summed E-state index contributed by atoms with van der Waals surface area (Å²) in [4.78, 5) is 27.2. The van der Waals surface area contributed by atoms with Crippen molar-refractivity contribution in [2.75, 3.05) is 13.2 Å². The van der Waals surface area contributed by atoms with E-state index in [1.165, 1.54) is 4.90 Å². The van der Waals surface area contributed by atoms with E-state index in [0.717, 1.165) is 5.56 Å². The summed E-state index contributed by atoms with van der Waals surface area (Å²) in [5, 5.41) is 4.34. The largest absolute Gasteiger partial charge is 0.484 e. The van der Waals surface area contributed by atoms with Crippen LogP contribution >= 0.6 is 34.8 Å². The molecule has 2 amide bonds. The first-order chi connectivity index (χ1) is 14.3. The Kier molecular flexibility index (Phi) is 9.28. The van der Waals surface area contributed by atoms with Gasteiger partial charge in [-0.05, 0) is 61.7 Å². The molecule has 1 atom stereocenters. The molecule has 0 saturated carbocycles. The average Bonchev–Trinajstić information content (AvgIpc) is 2.70. The maximum atomic E-state index is 13.1. The van der Waals surface area contributed by atoms with Gasteiger partial charge in [-0.1, -0.05) is 47.8 Å². The third-order valence-corrected chi connectivity index (χ3v) is 5.60. The maximum Gasteiger partial charge on any atom is 0.261 e. The molecule has 162 valence electrons. The molecule has 0 aliphatic carbocycles. The molecule has 2 aromatic carbocycles. The van der Waals surface area contributed by atoms with Gasteiger partial charge in [0.05, 0.1) is 0 Å². The number of rotatable bonds is 9. The molecule has 2 aromatic rings. The minimum absolute atomic E-state index is 0.160. The second-order valence-electron chi connectivity index (χ2n) is 6.78. The maximum absolute atomic E-state index is 13.1. The average molecular weight is 472 g/mol. The summed E-state index contributed by atoms with van der Waals surface area (Å²) in [5.41, 5.74) is 1.54. The van der Waals surface area contributed by atoms with Gasteiger partial charge in [-0.25, -0.2) is 0 Å². The van der Waals surface area contributed by atoms with Crippen LogP contribution in [0.15, 0.2) is 36.4 Å². The second-order valence-corrected chi connectivity index (χ2v) is 8.03. The van der Waals surface area contributed by atoms with Crippen LogP contribution in [0.5, 0.6) is 5.75 Å². The van der Waals surface area contributed by atoms with Gasteiger partial charge in [-0.3, -0.25) is 9.59 Å². The standard InChI is InChI=1S/C22H25Cl3N2O3/c1-4-20(22(29)26-5-2)27(12-15-6-7-16(23)11-19(15)25)21(28)13-30-17-8-9-18(24)14(3)10-17/h6-11,20H,4-5,12-13H2,1-3H3,(H,26,29)/t20-/m1/s1. The smallest absolute Gasteiger partial charge is 0.261 e. The molecule has 0 spiro atoms. The van der Waals surface area contributed by atoms with Gasteiger partial charge in [-0.2, -0.15) is 0 Å². The first kappa shape index (κ1) is 24.3. The van der Waals surface area contributed by atoms with Gasteiger partial charge in [0.15, 0.2) is 6.61 Å². The van der Waals surface area contributed by atoms with Gasteiger partial charge >= 0.3 is 0 Å². The number of ether oxygens (including phenoxy) is 1. The number of nitrogens with zero attached hydrogens (tertiary/aromatic N) is 1. The lowest BCUT2D eigenvalue weighted by atomic mass is 10.1. The lowest BCUT2D eigenvalue weighted by Gasteiger charge is -2.30. The lowest BCUT2D eigenvalue weighted by Crippen LogP contribution is -2.50. The number of nitrogens with one attached hydrogen (secondary N) is 1. The molecular weight excluding hydrogens is 447 g/mol. The number of halogens is 3. The van der Waals surface area contributed by atoms with E-state index in [1.807, 2.05) is 20.8 Å². The van der Waals surface area contributed by atoms with E-state index in [1.54, 1.807) is 36.4 Å². The van der Waals surface area contributed by atoms with E-state index in [9.17, 15) is 9.59 Å². The first-order valence-corrected chi connectivity index (χ1v) is 10.8. The molecule has 0 fully saturated rings. The minimum Gasteiger partial charge on any atom is -0.484 e. The number of hydrogen-bond donors (Lipinski definition) is 1. The molecule has 0 bridgehead atoms. The van der Waals surface area contributed by atoms with Crippen LogP contribution in [0, 0.1) is 6.92 Å². The summed E-state index contributed by atoms with van der Waals surface area (Å²) in [6.07, 6.45) is 0.447.